The van der Waals surface area contributed by atoms with Crippen LogP contribution >= 0.6 is 15.9 Å². The molecular weight excluding hydrogens is 350 g/mol. The maximum absolute atomic E-state index is 13.1. The monoisotopic (exact) mass is 373 g/mol. The Balaban J connectivity index is 2.41. The van der Waals surface area contributed by atoms with Gasteiger partial charge in [0, 0.05) is 10.5 Å². The Morgan fingerprint density at radius 3 is 2.71 bits per heavy atom. The van der Waals surface area contributed by atoms with E-state index < -0.39 is 9.84 Å². The van der Waals surface area contributed by atoms with Gasteiger partial charge in [0.2, 0.25) is 0 Å². The minimum Gasteiger partial charge on any atom is -0.312 e. The molecule has 5 heteroatoms. The van der Waals surface area contributed by atoms with Gasteiger partial charge in [-0.1, -0.05) is 49.2 Å². The molecule has 0 heterocycles. The van der Waals surface area contributed by atoms with E-state index in [-0.39, 0.29) is 16.7 Å². The van der Waals surface area contributed by atoms with Crippen molar-refractivity contribution in [2.24, 2.45) is 5.41 Å². The van der Waals surface area contributed by atoms with Crippen LogP contribution in [-0.4, -0.2) is 26.3 Å². The van der Waals surface area contributed by atoms with Crippen LogP contribution in [0.1, 0.15) is 40.0 Å². The lowest BCUT2D eigenvalue weighted by molar-refractivity contribution is 0.172. The molecule has 2 rings (SSSR count). The molecule has 1 aliphatic rings. The molecule has 1 saturated carbocycles. The molecule has 118 valence electrons. The number of halogens is 1. The Labute approximate surface area is 136 Å². The van der Waals surface area contributed by atoms with Crippen LogP contribution in [0.5, 0.6) is 0 Å². The lowest BCUT2D eigenvalue weighted by Crippen LogP contribution is -2.55. The van der Waals surface area contributed by atoms with Gasteiger partial charge in [0.05, 0.1) is 10.1 Å². The maximum atomic E-state index is 13.1. The smallest absolute Gasteiger partial charge is 0.182 e. The fourth-order valence-corrected chi connectivity index (χ4v) is 6.12. The van der Waals surface area contributed by atoms with Crippen molar-refractivity contribution in [3.05, 3.63) is 28.7 Å². The van der Waals surface area contributed by atoms with Gasteiger partial charge < -0.3 is 5.32 Å². The minimum atomic E-state index is -3.32. The summed E-state index contributed by atoms with van der Waals surface area (Å²) in [6.07, 6.45) is 2.76. The van der Waals surface area contributed by atoms with Crippen LogP contribution in [0.2, 0.25) is 0 Å². The molecule has 1 fully saturated rings. The van der Waals surface area contributed by atoms with Gasteiger partial charge in [-0.25, -0.2) is 8.42 Å². The van der Waals surface area contributed by atoms with Crippen LogP contribution in [0.3, 0.4) is 0 Å². The van der Waals surface area contributed by atoms with Crippen LogP contribution in [-0.2, 0) is 9.84 Å². The number of hydrogen-bond acceptors (Lipinski definition) is 3. The molecule has 0 aromatic heterocycles. The normalized spacial score (nSPS) is 25.7. The van der Waals surface area contributed by atoms with Gasteiger partial charge in [-0.2, -0.15) is 0 Å². The van der Waals surface area contributed by atoms with E-state index in [9.17, 15) is 8.42 Å². The summed E-state index contributed by atoms with van der Waals surface area (Å²) in [6.45, 7) is 7.16. The molecular formula is C16H24BrNO2S. The highest BCUT2D eigenvalue weighted by atomic mass is 79.9. The maximum Gasteiger partial charge on any atom is 0.182 e. The first-order chi connectivity index (χ1) is 9.79. The van der Waals surface area contributed by atoms with Crippen molar-refractivity contribution in [3.8, 4) is 0 Å². The number of hydrogen-bond donors (Lipinski definition) is 1. The van der Waals surface area contributed by atoms with E-state index in [1.165, 1.54) is 0 Å². The van der Waals surface area contributed by atoms with Gasteiger partial charge in [0.15, 0.2) is 9.84 Å². The Morgan fingerprint density at radius 2 is 2.10 bits per heavy atom. The summed E-state index contributed by atoms with van der Waals surface area (Å²) in [5.74, 6) is 0. The second-order valence-corrected chi connectivity index (χ2v) is 9.54. The third kappa shape index (κ3) is 3.51. The van der Waals surface area contributed by atoms with E-state index in [0.717, 1.165) is 30.3 Å². The average molecular weight is 374 g/mol. The van der Waals surface area contributed by atoms with Gasteiger partial charge in [-0.15, -0.1) is 0 Å². The average Bonchev–Trinajstić information content (AvgIpc) is 2.40. The predicted molar refractivity (Wildman–Crippen MR) is 90.2 cm³/mol. The zero-order valence-electron chi connectivity index (χ0n) is 12.9. The highest BCUT2D eigenvalue weighted by molar-refractivity contribution is 9.10. The summed E-state index contributed by atoms with van der Waals surface area (Å²) in [5.41, 5.74) is -0.00198. The third-order valence-corrected chi connectivity index (χ3v) is 7.18. The van der Waals surface area contributed by atoms with E-state index in [0.29, 0.717) is 4.90 Å². The molecule has 0 saturated heterocycles. The largest absolute Gasteiger partial charge is 0.312 e. The standard InChI is InChI=1S/C16H24BrNO2S/c1-4-18-15-14(9-6-10-16(15,2)3)21(19,20)13-8-5-7-12(17)11-13/h5,7-8,11,14-15,18H,4,6,9-10H2,1-3H3. The molecule has 0 radical (unpaired) electrons. The van der Waals surface area contributed by atoms with Gasteiger partial charge in [0.25, 0.3) is 0 Å². The molecule has 1 aromatic rings. The molecule has 1 aromatic carbocycles. The summed E-state index contributed by atoms with van der Waals surface area (Å²) in [4.78, 5) is 0.419. The van der Waals surface area contributed by atoms with Gasteiger partial charge in [0.1, 0.15) is 0 Å². The zero-order chi connectivity index (χ0) is 15.7. The lowest BCUT2D eigenvalue weighted by Gasteiger charge is -2.44. The van der Waals surface area contributed by atoms with Crippen LogP contribution in [0.25, 0.3) is 0 Å². The predicted octanol–water partition coefficient (Wildman–Crippen LogP) is 3.78. The Kier molecular flexibility index (Phi) is 5.16. The Hall–Kier alpha value is -0.390. The highest BCUT2D eigenvalue weighted by Gasteiger charge is 2.45. The van der Waals surface area contributed by atoms with E-state index in [2.05, 4.69) is 35.1 Å². The fourth-order valence-electron chi connectivity index (χ4n) is 3.36. The molecule has 2 unspecified atom stereocenters. The molecule has 0 aliphatic heterocycles. The Morgan fingerprint density at radius 1 is 1.38 bits per heavy atom. The molecule has 3 nitrogen and oxygen atoms in total. The van der Waals surface area contributed by atoms with Crippen molar-refractivity contribution in [1.29, 1.82) is 0 Å². The third-order valence-electron chi connectivity index (χ3n) is 4.47. The summed E-state index contributed by atoms with van der Waals surface area (Å²) in [7, 11) is -3.32. The van der Waals surface area contributed by atoms with Crippen LogP contribution in [0.15, 0.2) is 33.6 Å². The van der Waals surface area contributed by atoms with Crippen LogP contribution < -0.4 is 5.32 Å². The van der Waals surface area contributed by atoms with Crippen molar-refractivity contribution in [2.75, 3.05) is 6.54 Å². The first-order valence-electron chi connectivity index (χ1n) is 7.52. The molecule has 21 heavy (non-hydrogen) atoms. The molecule has 0 amide bonds. The summed E-state index contributed by atoms with van der Waals surface area (Å²) in [6, 6.07) is 7.05. The van der Waals surface area contributed by atoms with E-state index in [1.54, 1.807) is 18.2 Å². The topological polar surface area (TPSA) is 46.2 Å². The second-order valence-electron chi connectivity index (χ2n) is 6.46. The molecule has 0 bridgehead atoms. The van der Waals surface area contributed by atoms with Gasteiger partial charge in [-0.3, -0.25) is 0 Å². The van der Waals surface area contributed by atoms with Crippen molar-refractivity contribution < 1.29 is 8.42 Å². The quantitative estimate of drug-likeness (QED) is 0.873. The number of sulfone groups is 1. The minimum absolute atomic E-state index is 0.000214. The zero-order valence-corrected chi connectivity index (χ0v) is 15.3. The van der Waals surface area contributed by atoms with E-state index >= 15 is 0 Å². The first-order valence-corrected chi connectivity index (χ1v) is 9.86. The summed E-state index contributed by atoms with van der Waals surface area (Å²) >= 11 is 3.37. The number of benzene rings is 1. The summed E-state index contributed by atoms with van der Waals surface area (Å²) < 4.78 is 26.9. The highest BCUT2D eigenvalue weighted by Crippen LogP contribution is 2.40. The molecule has 0 spiro atoms. The van der Waals surface area contributed by atoms with Crippen LogP contribution in [0.4, 0.5) is 0 Å². The SMILES string of the molecule is CCNC1C(S(=O)(=O)c2cccc(Br)c2)CCCC1(C)C. The number of rotatable bonds is 4. The van der Waals surface area contributed by atoms with Crippen molar-refractivity contribution in [2.45, 2.75) is 56.2 Å². The van der Waals surface area contributed by atoms with E-state index in [4.69, 9.17) is 0 Å². The first kappa shape index (κ1) is 17.0. The molecule has 1 N–H and O–H groups in total. The molecule has 1 aliphatic carbocycles. The van der Waals surface area contributed by atoms with Crippen molar-refractivity contribution in [1.82, 2.24) is 5.32 Å². The van der Waals surface area contributed by atoms with Gasteiger partial charge in [-0.05, 0) is 43.0 Å². The lowest BCUT2D eigenvalue weighted by atomic mass is 9.73. The second kappa shape index (κ2) is 6.39. The van der Waals surface area contributed by atoms with E-state index in [1.807, 2.05) is 13.0 Å². The Bertz CT molecular complexity index is 598. The van der Waals surface area contributed by atoms with Gasteiger partial charge >= 0.3 is 0 Å². The van der Waals surface area contributed by atoms with Crippen LogP contribution in [0, 0.1) is 5.41 Å². The summed E-state index contributed by atoms with van der Waals surface area (Å²) in [5, 5.41) is 3.07. The van der Waals surface area contributed by atoms with Crippen molar-refractivity contribution >= 4 is 25.8 Å². The number of nitrogens with one attached hydrogen (secondary N) is 1. The van der Waals surface area contributed by atoms with Crippen molar-refractivity contribution in [3.63, 3.8) is 0 Å². The fraction of sp³-hybridized carbons (Fsp3) is 0.625. The molecule has 2 atom stereocenters.